The fraction of sp³-hybridized carbons (Fsp3) is 0.533. The Balaban J connectivity index is 1.97. The first-order valence-electron chi connectivity index (χ1n) is 7.08. The van der Waals surface area contributed by atoms with Crippen molar-refractivity contribution in [2.75, 3.05) is 13.2 Å². The largest absolute Gasteiger partial charge is 0.450 e. The van der Waals surface area contributed by atoms with Crippen molar-refractivity contribution in [2.45, 2.75) is 37.7 Å². The maximum atomic E-state index is 12.3. The molecule has 0 unspecified atom stereocenters. The first-order chi connectivity index (χ1) is 9.71. The van der Waals surface area contributed by atoms with Crippen LogP contribution >= 0.6 is 0 Å². The maximum Gasteiger partial charge on any atom is 0.341 e. The number of rotatable bonds is 0. The summed E-state index contributed by atoms with van der Waals surface area (Å²) in [5.41, 5.74) is 2.08. The molecule has 104 valence electrons. The second-order valence-electron chi connectivity index (χ2n) is 5.64. The van der Waals surface area contributed by atoms with Crippen molar-refractivity contribution in [1.82, 2.24) is 4.98 Å². The Morgan fingerprint density at radius 2 is 1.95 bits per heavy atom. The predicted octanol–water partition coefficient (Wildman–Crippen LogP) is 1.78. The van der Waals surface area contributed by atoms with E-state index in [2.05, 4.69) is 4.98 Å². The highest BCUT2D eigenvalue weighted by Crippen LogP contribution is 2.46. The second-order valence-corrected chi connectivity index (χ2v) is 5.64. The van der Waals surface area contributed by atoms with Crippen LogP contribution in [0.4, 0.5) is 0 Å². The van der Waals surface area contributed by atoms with Crippen LogP contribution in [0.2, 0.25) is 0 Å². The Kier molecular flexibility index (Phi) is 2.48. The van der Waals surface area contributed by atoms with Crippen molar-refractivity contribution in [3.05, 3.63) is 28.6 Å². The smallest absolute Gasteiger partial charge is 0.341 e. The molecule has 0 radical (unpaired) electrons. The molecule has 3 aliphatic rings. The lowest BCUT2D eigenvalue weighted by Crippen LogP contribution is -2.36. The fourth-order valence-corrected chi connectivity index (χ4v) is 3.55. The van der Waals surface area contributed by atoms with Gasteiger partial charge in [0.15, 0.2) is 5.78 Å². The molecular formula is C15H15NO4. The van der Waals surface area contributed by atoms with Crippen LogP contribution in [0.5, 0.6) is 0 Å². The van der Waals surface area contributed by atoms with Gasteiger partial charge in [0, 0.05) is 36.6 Å². The highest BCUT2D eigenvalue weighted by molar-refractivity contribution is 6.05. The zero-order chi connectivity index (χ0) is 13.7. The van der Waals surface area contributed by atoms with Crippen LogP contribution in [-0.2, 0) is 21.5 Å². The molecule has 1 aromatic heterocycles. The van der Waals surface area contributed by atoms with Gasteiger partial charge in [0.2, 0.25) is 0 Å². The molecule has 0 saturated carbocycles. The van der Waals surface area contributed by atoms with Crippen LogP contribution in [0, 0.1) is 0 Å². The molecule has 0 amide bonds. The SMILES string of the molecule is O=C1OC2(CCOCC2)c2c1cnc1c2C(=O)CCC1. The van der Waals surface area contributed by atoms with Gasteiger partial charge in [-0.2, -0.15) is 0 Å². The molecule has 1 spiro atoms. The Labute approximate surface area is 116 Å². The van der Waals surface area contributed by atoms with Gasteiger partial charge in [0.25, 0.3) is 0 Å². The van der Waals surface area contributed by atoms with E-state index in [1.54, 1.807) is 6.20 Å². The van der Waals surface area contributed by atoms with Crippen LogP contribution in [-0.4, -0.2) is 30.0 Å². The third kappa shape index (κ3) is 1.50. The lowest BCUT2D eigenvalue weighted by atomic mass is 9.79. The number of nitrogens with zero attached hydrogens (tertiary/aromatic N) is 1. The van der Waals surface area contributed by atoms with Crippen molar-refractivity contribution < 1.29 is 19.1 Å². The van der Waals surface area contributed by atoms with E-state index < -0.39 is 5.60 Å². The third-order valence-electron chi connectivity index (χ3n) is 4.52. The number of Topliss-reactive ketones (excluding diaryl/α,β-unsaturated/α-hetero) is 1. The molecule has 0 aromatic carbocycles. The summed E-state index contributed by atoms with van der Waals surface area (Å²) >= 11 is 0. The number of aromatic nitrogens is 1. The molecule has 0 atom stereocenters. The van der Waals surface area contributed by atoms with Gasteiger partial charge < -0.3 is 9.47 Å². The van der Waals surface area contributed by atoms with Gasteiger partial charge in [-0.1, -0.05) is 0 Å². The molecular weight excluding hydrogens is 258 g/mol. The van der Waals surface area contributed by atoms with E-state index in [-0.39, 0.29) is 11.8 Å². The summed E-state index contributed by atoms with van der Waals surface area (Å²) in [6, 6.07) is 0. The second kappa shape index (κ2) is 4.12. The van der Waals surface area contributed by atoms with Crippen LogP contribution < -0.4 is 0 Å². The number of hydrogen-bond acceptors (Lipinski definition) is 5. The van der Waals surface area contributed by atoms with Crippen molar-refractivity contribution in [2.24, 2.45) is 0 Å². The minimum atomic E-state index is -0.662. The predicted molar refractivity (Wildman–Crippen MR) is 68.7 cm³/mol. The molecule has 0 N–H and O–H groups in total. The molecule has 1 saturated heterocycles. The number of pyridine rings is 1. The van der Waals surface area contributed by atoms with E-state index in [0.29, 0.717) is 43.6 Å². The molecule has 0 bridgehead atoms. The lowest BCUT2D eigenvalue weighted by Gasteiger charge is -2.34. The summed E-state index contributed by atoms with van der Waals surface area (Å²) in [7, 11) is 0. The number of fused-ring (bicyclic) bond motifs is 4. The average Bonchev–Trinajstić information content (AvgIpc) is 2.73. The molecule has 2 aliphatic heterocycles. The van der Waals surface area contributed by atoms with Crippen molar-refractivity contribution in [3.8, 4) is 0 Å². The minimum absolute atomic E-state index is 0.0970. The van der Waals surface area contributed by atoms with E-state index in [9.17, 15) is 9.59 Å². The minimum Gasteiger partial charge on any atom is -0.450 e. The molecule has 1 aliphatic carbocycles. The maximum absolute atomic E-state index is 12.3. The quantitative estimate of drug-likeness (QED) is 0.674. The van der Waals surface area contributed by atoms with Crippen molar-refractivity contribution in [3.63, 3.8) is 0 Å². The van der Waals surface area contributed by atoms with Gasteiger partial charge in [-0.15, -0.1) is 0 Å². The molecule has 3 heterocycles. The van der Waals surface area contributed by atoms with Crippen molar-refractivity contribution >= 4 is 11.8 Å². The fourth-order valence-electron chi connectivity index (χ4n) is 3.55. The monoisotopic (exact) mass is 273 g/mol. The highest BCUT2D eigenvalue weighted by Gasteiger charge is 2.50. The first-order valence-corrected chi connectivity index (χ1v) is 7.08. The third-order valence-corrected chi connectivity index (χ3v) is 4.52. The first kappa shape index (κ1) is 12.0. The molecule has 5 nitrogen and oxygen atoms in total. The summed E-state index contributed by atoms with van der Waals surface area (Å²) < 4.78 is 11.0. The van der Waals surface area contributed by atoms with Gasteiger partial charge in [-0.05, 0) is 12.8 Å². The van der Waals surface area contributed by atoms with E-state index in [1.165, 1.54) is 0 Å². The van der Waals surface area contributed by atoms with Crippen molar-refractivity contribution in [1.29, 1.82) is 0 Å². The average molecular weight is 273 g/mol. The molecule has 5 heteroatoms. The van der Waals surface area contributed by atoms with Crippen LogP contribution in [0.15, 0.2) is 6.20 Å². The van der Waals surface area contributed by atoms with Crippen LogP contribution in [0.3, 0.4) is 0 Å². The summed E-state index contributed by atoms with van der Waals surface area (Å²) in [6.07, 6.45) is 4.99. The molecule has 1 fully saturated rings. The Morgan fingerprint density at radius 3 is 2.75 bits per heavy atom. The Bertz CT molecular complexity index is 617. The zero-order valence-electron chi connectivity index (χ0n) is 11.1. The Morgan fingerprint density at radius 1 is 1.15 bits per heavy atom. The standard InChI is InChI=1S/C15H15NO4/c17-11-3-1-2-10-12(11)13-9(8-16-10)14(18)20-15(13)4-6-19-7-5-15/h8H,1-7H2. The molecule has 4 rings (SSSR count). The normalized spacial score (nSPS) is 23.4. The van der Waals surface area contributed by atoms with Crippen LogP contribution in [0.1, 0.15) is 57.7 Å². The molecule has 1 aromatic rings. The molecule has 20 heavy (non-hydrogen) atoms. The zero-order valence-corrected chi connectivity index (χ0v) is 11.1. The number of esters is 1. The van der Waals surface area contributed by atoms with Gasteiger partial charge in [0.1, 0.15) is 5.60 Å². The van der Waals surface area contributed by atoms with E-state index in [0.717, 1.165) is 24.1 Å². The van der Waals surface area contributed by atoms with E-state index in [1.807, 2.05) is 0 Å². The number of aryl methyl sites for hydroxylation is 1. The van der Waals surface area contributed by atoms with Gasteiger partial charge in [-0.3, -0.25) is 9.78 Å². The number of ketones is 1. The van der Waals surface area contributed by atoms with Crippen LogP contribution in [0.25, 0.3) is 0 Å². The summed E-state index contributed by atoms with van der Waals surface area (Å²) in [5, 5.41) is 0. The topological polar surface area (TPSA) is 65.5 Å². The number of carbonyl (C=O) groups is 2. The number of ether oxygens (including phenoxy) is 2. The number of carbonyl (C=O) groups excluding carboxylic acids is 2. The number of hydrogen-bond donors (Lipinski definition) is 0. The highest BCUT2D eigenvalue weighted by atomic mass is 16.6. The van der Waals surface area contributed by atoms with Gasteiger partial charge >= 0.3 is 5.97 Å². The summed E-state index contributed by atoms with van der Waals surface area (Å²) in [6.45, 7) is 1.11. The summed E-state index contributed by atoms with van der Waals surface area (Å²) in [5.74, 6) is -0.254. The Hall–Kier alpha value is -1.75. The summed E-state index contributed by atoms with van der Waals surface area (Å²) in [4.78, 5) is 28.8. The van der Waals surface area contributed by atoms with E-state index >= 15 is 0 Å². The lowest BCUT2D eigenvalue weighted by molar-refractivity contribution is -0.0737. The van der Waals surface area contributed by atoms with Gasteiger partial charge in [-0.25, -0.2) is 4.79 Å². The van der Waals surface area contributed by atoms with Gasteiger partial charge in [0.05, 0.1) is 24.5 Å². The van der Waals surface area contributed by atoms with E-state index in [4.69, 9.17) is 9.47 Å².